The third-order valence-corrected chi connectivity index (χ3v) is 4.05. The lowest BCUT2D eigenvalue weighted by Crippen LogP contribution is -2.42. The van der Waals surface area contributed by atoms with Crippen molar-refractivity contribution in [3.05, 3.63) is 46.9 Å². The lowest BCUT2D eigenvalue weighted by atomic mass is 10.1. The molecule has 11 heteroatoms. The number of furan rings is 1. The van der Waals surface area contributed by atoms with Crippen molar-refractivity contribution < 1.29 is 27.2 Å². The Morgan fingerprint density at radius 2 is 1.57 bits per heavy atom. The number of benzene rings is 1. The van der Waals surface area contributed by atoms with Gasteiger partial charge in [-0.25, -0.2) is 8.42 Å². The van der Waals surface area contributed by atoms with E-state index in [2.05, 4.69) is 20.9 Å². The van der Waals surface area contributed by atoms with Gasteiger partial charge in [0, 0.05) is 12.6 Å². The maximum absolute atomic E-state index is 12.5. The quantitative estimate of drug-likeness (QED) is 0.549. The number of anilines is 2. The van der Waals surface area contributed by atoms with Gasteiger partial charge in [-0.2, -0.15) is 0 Å². The van der Waals surface area contributed by atoms with E-state index >= 15 is 0 Å². The van der Waals surface area contributed by atoms with Gasteiger partial charge in [-0.1, -0.05) is 0 Å². The fourth-order valence-electron chi connectivity index (χ4n) is 2.41. The molecule has 0 unspecified atom stereocenters. The molecular weight excluding hydrogens is 388 g/mol. The van der Waals surface area contributed by atoms with Gasteiger partial charge in [-0.3, -0.25) is 30.0 Å². The first-order valence-electron chi connectivity index (χ1n) is 8.03. The predicted octanol–water partition coefficient (Wildman–Crippen LogP) is 1.30. The SMILES string of the molecule is CC(=O)Nc1ccc(NS(C)(=O)=O)c(C(=O)NNC(=O)c2cc(C)oc2C)c1. The second-order valence-corrected chi connectivity index (χ2v) is 7.80. The van der Waals surface area contributed by atoms with Gasteiger partial charge in [0.1, 0.15) is 11.5 Å². The zero-order chi connectivity index (χ0) is 21.1. The summed E-state index contributed by atoms with van der Waals surface area (Å²) in [6.45, 7) is 4.58. The van der Waals surface area contributed by atoms with Crippen LogP contribution in [0, 0.1) is 13.8 Å². The van der Waals surface area contributed by atoms with Crippen LogP contribution in [-0.2, 0) is 14.8 Å². The van der Waals surface area contributed by atoms with Gasteiger partial charge in [-0.05, 0) is 38.1 Å². The Hall–Kier alpha value is -3.34. The van der Waals surface area contributed by atoms with Crippen molar-refractivity contribution in [3.8, 4) is 0 Å². The van der Waals surface area contributed by atoms with Gasteiger partial charge < -0.3 is 9.73 Å². The molecule has 10 nitrogen and oxygen atoms in total. The summed E-state index contributed by atoms with van der Waals surface area (Å²) in [6.07, 6.45) is 0.933. The largest absolute Gasteiger partial charge is 0.466 e. The minimum absolute atomic E-state index is 0.0151. The molecule has 1 heterocycles. The van der Waals surface area contributed by atoms with E-state index in [1.807, 2.05) is 0 Å². The molecule has 3 amide bonds. The van der Waals surface area contributed by atoms with Crippen molar-refractivity contribution in [2.45, 2.75) is 20.8 Å². The molecule has 1 aromatic heterocycles. The molecule has 2 aromatic rings. The van der Waals surface area contributed by atoms with Crippen LogP contribution in [0.1, 0.15) is 39.2 Å². The molecule has 4 N–H and O–H groups in total. The van der Waals surface area contributed by atoms with Gasteiger partial charge in [0.05, 0.1) is 23.1 Å². The third kappa shape index (κ3) is 5.58. The summed E-state index contributed by atoms with van der Waals surface area (Å²) in [7, 11) is -3.66. The van der Waals surface area contributed by atoms with Gasteiger partial charge in [0.2, 0.25) is 15.9 Å². The summed E-state index contributed by atoms with van der Waals surface area (Å²) in [6, 6.07) is 5.56. The van der Waals surface area contributed by atoms with E-state index in [1.165, 1.54) is 31.2 Å². The molecule has 150 valence electrons. The van der Waals surface area contributed by atoms with Crippen LogP contribution in [-0.4, -0.2) is 32.4 Å². The van der Waals surface area contributed by atoms with Gasteiger partial charge >= 0.3 is 0 Å². The number of carbonyl (C=O) groups excluding carboxylic acids is 3. The molecule has 0 bridgehead atoms. The standard InChI is InChI=1S/C17H20N4O6S/c1-9-7-13(10(2)27-9)16(23)19-20-17(24)14-8-12(18-11(3)22)5-6-15(14)21-28(4,25)26/h5-8,21H,1-4H3,(H,18,22)(H,19,23)(H,20,24). The number of carbonyl (C=O) groups is 3. The van der Waals surface area contributed by atoms with Crippen LogP contribution >= 0.6 is 0 Å². The van der Waals surface area contributed by atoms with Crippen molar-refractivity contribution in [2.75, 3.05) is 16.3 Å². The normalized spacial score (nSPS) is 10.9. The second-order valence-electron chi connectivity index (χ2n) is 6.05. The second kappa shape index (κ2) is 8.13. The number of amides is 3. The van der Waals surface area contributed by atoms with E-state index in [9.17, 15) is 22.8 Å². The average molecular weight is 408 g/mol. The molecule has 0 aliphatic rings. The van der Waals surface area contributed by atoms with E-state index in [1.54, 1.807) is 13.8 Å². The third-order valence-electron chi connectivity index (χ3n) is 3.46. The molecule has 0 fully saturated rings. The fourth-order valence-corrected chi connectivity index (χ4v) is 2.98. The number of rotatable bonds is 5. The molecule has 0 radical (unpaired) electrons. The highest BCUT2D eigenvalue weighted by atomic mass is 32.2. The summed E-state index contributed by atoms with van der Waals surface area (Å²) < 4.78 is 30.5. The Morgan fingerprint density at radius 1 is 0.964 bits per heavy atom. The zero-order valence-corrected chi connectivity index (χ0v) is 16.5. The van der Waals surface area contributed by atoms with Gasteiger partial charge in [0.15, 0.2) is 0 Å². The van der Waals surface area contributed by atoms with E-state index < -0.39 is 21.8 Å². The molecule has 0 aliphatic heterocycles. The van der Waals surface area contributed by atoms with Crippen molar-refractivity contribution in [1.82, 2.24) is 10.9 Å². The van der Waals surface area contributed by atoms with Crippen LogP contribution in [0.5, 0.6) is 0 Å². The maximum atomic E-state index is 12.5. The van der Waals surface area contributed by atoms with Crippen molar-refractivity contribution in [2.24, 2.45) is 0 Å². The number of nitrogens with one attached hydrogen (secondary N) is 4. The lowest BCUT2D eigenvalue weighted by molar-refractivity contribution is -0.114. The molecule has 1 aromatic carbocycles. The highest BCUT2D eigenvalue weighted by molar-refractivity contribution is 7.92. The predicted molar refractivity (Wildman–Crippen MR) is 102 cm³/mol. The Kier molecular flexibility index (Phi) is 6.09. The smallest absolute Gasteiger partial charge is 0.273 e. The molecule has 28 heavy (non-hydrogen) atoms. The van der Waals surface area contributed by atoms with E-state index in [4.69, 9.17) is 4.42 Å². The summed E-state index contributed by atoms with van der Waals surface area (Å²) >= 11 is 0. The number of hydrazine groups is 1. The topological polar surface area (TPSA) is 147 Å². The number of hydrogen-bond acceptors (Lipinski definition) is 6. The van der Waals surface area contributed by atoms with Crippen LogP contribution in [0.15, 0.2) is 28.7 Å². The Labute approximate surface area is 161 Å². The van der Waals surface area contributed by atoms with Crippen LogP contribution in [0.25, 0.3) is 0 Å². The van der Waals surface area contributed by atoms with Gasteiger partial charge in [0.25, 0.3) is 11.8 Å². The molecule has 0 atom stereocenters. The molecule has 0 spiro atoms. The van der Waals surface area contributed by atoms with E-state index in [-0.39, 0.29) is 28.4 Å². The summed E-state index contributed by atoms with van der Waals surface area (Å²) in [5, 5.41) is 2.50. The molecule has 0 saturated heterocycles. The van der Waals surface area contributed by atoms with Crippen LogP contribution < -0.4 is 20.9 Å². The number of sulfonamides is 1. The van der Waals surface area contributed by atoms with Crippen molar-refractivity contribution >= 4 is 39.1 Å². The van der Waals surface area contributed by atoms with Crippen LogP contribution in [0.3, 0.4) is 0 Å². The maximum Gasteiger partial charge on any atom is 0.273 e. The zero-order valence-electron chi connectivity index (χ0n) is 15.7. The van der Waals surface area contributed by atoms with Crippen LogP contribution in [0.4, 0.5) is 11.4 Å². The minimum Gasteiger partial charge on any atom is -0.466 e. The average Bonchev–Trinajstić information content (AvgIpc) is 2.90. The Balaban J connectivity index is 2.24. The van der Waals surface area contributed by atoms with Gasteiger partial charge in [-0.15, -0.1) is 0 Å². The first kappa shape index (κ1) is 21.0. The molecule has 0 saturated carbocycles. The molecular formula is C17H20N4O6S. The Morgan fingerprint density at radius 3 is 2.07 bits per heavy atom. The summed E-state index contributed by atoms with van der Waals surface area (Å²) in [4.78, 5) is 35.9. The summed E-state index contributed by atoms with van der Waals surface area (Å²) in [5.74, 6) is -0.829. The summed E-state index contributed by atoms with van der Waals surface area (Å²) in [5.41, 5.74) is 4.87. The first-order chi connectivity index (χ1) is 13.0. The number of aryl methyl sites for hydroxylation is 2. The van der Waals surface area contributed by atoms with Crippen LogP contribution in [0.2, 0.25) is 0 Å². The monoisotopic (exact) mass is 408 g/mol. The highest BCUT2D eigenvalue weighted by Crippen LogP contribution is 2.22. The minimum atomic E-state index is -3.66. The first-order valence-corrected chi connectivity index (χ1v) is 9.92. The lowest BCUT2D eigenvalue weighted by Gasteiger charge is -2.13. The molecule has 2 rings (SSSR count). The van der Waals surface area contributed by atoms with E-state index in [0.717, 1.165) is 6.26 Å². The molecule has 0 aliphatic carbocycles. The Bertz CT molecular complexity index is 1040. The number of hydrogen-bond donors (Lipinski definition) is 4. The van der Waals surface area contributed by atoms with Crippen molar-refractivity contribution in [3.63, 3.8) is 0 Å². The fraction of sp³-hybridized carbons (Fsp3) is 0.235. The van der Waals surface area contributed by atoms with E-state index in [0.29, 0.717) is 11.5 Å². The van der Waals surface area contributed by atoms with Crippen molar-refractivity contribution in [1.29, 1.82) is 0 Å². The highest BCUT2D eigenvalue weighted by Gasteiger charge is 2.18.